The van der Waals surface area contributed by atoms with Crippen LogP contribution in [0.3, 0.4) is 0 Å². The SMILES string of the molecule is CC1(C)c2cc(-c3ccc(-c4ccccn4)nc3)ccc2-c2ccc(-c3ccc4c5c(cccc35)-c3c-4c(-c4ccccc4)c4ccccc4c3-c3ccccc3)cc21. The molecule has 0 fully saturated rings. The molecule has 2 heteroatoms. The highest BCUT2D eigenvalue weighted by atomic mass is 14.8. The summed E-state index contributed by atoms with van der Waals surface area (Å²) in [6.07, 6.45) is 3.78. The minimum atomic E-state index is -0.182. The minimum absolute atomic E-state index is 0.182. The zero-order valence-electron chi connectivity index (χ0n) is 32.9. The van der Waals surface area contributed by atoms with Gasteiger partial charge in [0.05, 0.1) is 11.4 Å². The second-order valence-corrected chi connectivity index (χ2v) is 16.5. The van der Waals surface area contributed by atoms with Crippen molar-refractivity contribution in [2.45, 2.75) is 19.3 Å². The molecule has 59 heavy (non-hydrogen) atoms. The van der Waals surface area contributed by atoms with E-state index in [4.69, 9.17) is 4.98 Å². The van der Waals surface area contributed by atoms with Crippen molar-refractivity contribution < 1.29 is 0 Å². The summed E-state index contributed by atoms with van der Waals surface area (Å²) < 4.78 is 0. The first-order chi connectivity index (χ1) is 29.0. The van der Waals surface area contributed by atoms with E-state index in [1.807, 2.05) is 30.6 Å². The van der Waals surface area contributed by atoms with Crippen molar-refractivity contribution in [3.8, 4) is 89.3 Å². The molecule has 0 unspecified atom stereocenters. The molecule has 2 heterocycles. The van der Waals surface area contributed by atoms with Crippen LogP contribution in [0, 0.1) is 0 Å². The molecule has 8 aromatic carbocycles. The summed E-state index contributed by atoms with van der Waals surface area (Å²) in [7, 11) is 0. The van der Waals surface area contributed by atoms with Crippen LogP contribution in [-0.4, -0.2) is 9.97 Å². The molecule has 10 aromatic rings. The van der Waals surface area contributed by atoms with Gasteiger partial charge >= 0.3 is 0 Å². The van der Waals surface area contributed by atoms with Gasteiger partial charge in [0.15, 0.2) is 0 Å². The molecule has 0 aliphatic heterocycles. The molecule has 0 saturated heterocycles. The molecule has 2 nitrogen and oxygen atoms in total. The first kappa shape index (κ1) is 33.7. The Balaban J connectivity index is 1.00. The predicted molar refractivity (Wildman–Crippen MR) is 246 cm³/mol. The zero-order chi connectivity index (χ0) is 39.2. The monoisotopic (exact) mass is 750 g/mol. The van der Waals surface area contributed by atoms with Gasteiger partial charge in [0.25, 0.3) is 0 Å². The average Bonchev–Trinajstić information content (AvgIpc) is 3.74. The maximum Gasteiger partial charge on any atom is 0.0886 e. The van der Waals surface area contributed by atoms with E-state index in [0.717, 1.165) is 17.0 Å². The molecule has 12 rings (SSSR count). The number of hydrogen-bond acceptors (Lipinski definition) is 2. The maximum atomic E-state index is 4.79. The Kier molecular flexibility index (Phi) is 7.31. The standard InChI is InChI=1S/C57H38N2/c1-57(2)48-32-37(39-25-30-51(59-34-39)50-22-11-12-31-58-50)23-26-41(48)42-27-24-38(33-49(42)57)40-28-29-47-54-43(40)20-13-21-46(54)55-52(35-14-5-3-6-15-35)44-18-9-10-19-45(44)53(56(47)55)36-16-7-4-8-17-36/h3-34H,1-2H3. The van der Waals surface area contributed by atoms with Crippen LogP contribution in [0.5, 0.6) is 0 Å². The summed E-state index contributed by atoms with van der Waals surface area (Å²) in [6.45, 7) is 4.75. The summed E-state index contributed by atoms with van der Waals surface area (Å²) in [4.78, 5) is 9.27. The van der Waals surface area contributed by atoms with Gasteiger partial charge in [-0.05, 0) is 135 Å². The van der Waals surface area contributed by atoms with Gasteiger partial charge in [-0.1, -0.05) is 166 Å². The number of nitrogens with zero attached hydrogens (tertiary/aromatic N) is 2. The van der Waals surface area contributed by atoms with Crippen LogP contribution in [0.15, 0.2) is 194 Å². The average molecular weight is 751 g/mol. The molecule has 0 amide bonds. The van der Waals surface area contributed by atoms with Crippen LogP contribution in [0.2, 0.25) is 0 Å². The molecular weight excluding hydrogens is 713 g/mol. The first-order valence-electron chi connectivity index (χ1n) is 20.5. The fraction of sp³-hybridized carbons (Fsp3) is 0.0526. The van der Waals surface area contributed by atoms with Crippen molar-refractivity contribution in [1.82, 2.24) is 9.97 Å². The van der Waals surface area contributed by atoms with Gasteiger partial charge < -0.3 is 0 Å². The van der Waals surface area contributed by atoms with Crippen LogP contribution in [0.4, 0.5) is 0 Å². The highest BCUT2D eigenvalue weighted by Gasteiger charge is 2.37. The normalized spacial score (nSPS) is 13.1. The number of benzene rings is 8. The van der Waals surface area contributed by atoms with Crippen LogP contribution in [0.25, 0.3) is 111 Å². The second kappa shape index (κ2) is 12.8. The number of hydrogen-bond donors (Lipinski definition) is 0. The van der Waals surface area contributed by atoms with E-state index in [1.54, 1.807) is 0 Å². The van der Waals surface area contributed by atoms with Gasteiger partial charge in [-0.25, -0.2) is 0 Å². The molecule has 276 valence electrons. The van der Waals surface area contributed by atoms with E-state index in [1.165, 1.54) is 105 Å². The Morgan fingerprint density at radius 1 is 0.339 bits per heavy atom. The highest BCUT2D eigenvalue weighted by Crippen LogP contribution is 2.59. The molecule has 0 spiro atoms. The lowest BCUT2D eigenvalue weighted by atomic mass is 9.80. The lowest BCUT2D eigenvalue weighted by Crippen LogP contribution is -2.15. The van der Waals surface area contributed by atoms with Crippen molar-refractivity contribution >= 4 is 21.5 Å². The Morgan fingerprint density at radius 2 is 0.864 bits per heavy atom. The molecule has 0 N–H and O–H groups in total. The Hall–Kier alpha value is -7.42. The topological polar surface area (TPSA) is 25.8 Å². The van der Waals surface area contributed by atoms with Crippen LogP contribution in [-0.2, 0) is 5.41 Å². The lowest BCUT2D eigenvalue weighted by Gasteiger charge is -2.23. The third-order valence-corrected chi connectivity index (χ3v) is 12.9. The first-order valence-corrected chi connectivity index (χ1v) is 20.5. The van der Waals surface area contributed by atoms with Gasteiger partial charge in [0, 0.05) is 23.4 Å². The molecule has 0 radical (unpaired) electrons. The van der Waals surface area contributed by atoms with E-state index in [9.17, 15) is 0 Å². The van der Waals surface area contributed by atoms with Gasteiger partial charge in [-0.15, -0.1) is 0 Å². The molecular formula is C57H38N2. The van der Waals surface area contributed by atoms with E-state index >= 15 is 0 Å². The van der Waals surface area contributed by atoms with E-state index in [2.05, 4.69) is 183 Å². The molecule has 0 saturated carbocycles. The van der Waals surface area contributed by atoms with Crippen LogP contribution < -0.4 is 0 Å². The summed E-state index contributed by atoms with van der Waals surface area (Å²) in [5.74, 6) is 0. The summed E-state index contributed by atoms with van der Waals surface area (Å²) in [5, 5.41) is 5.18. The van der Waals surface area contributed by atoms with Gasteiger partial charge in [0.2, 0.25) is 0 Å². The van der Waals surface area contributed by atoms with E-state index in [0.29, 0.717) is 0 Å². The van der Waals surface area contributed by atoms with Crippen LogP contribution >= 0.6 is 0 Å². The van der Waals surface area contributed by atoms with E-state index in [-0.39, 0.29) is 5.41 Å². The van der Waals surface area contributed by atoms with E-state index < -0.39 is 0 Å². The fourth-order valence-corrected chi connectivity index (χ4v) is 10.2. The molecule has 2 aliphatic rings. The van der Waals surface area contributed by atoms with Gasteiger partial charge in [-0.3, -0.25) is 9.97 Å². The Bertz CT molecular complexity index is 3220. The Morgan fingerprint density at radius 3 is 1.49 bits per heavy atom. The van der Waals surface area contributed by atoms with Crippen molar-refractivity contribution in [3.05, 3.63) is 206 Å². The van der Waals surface area contributed by atoms with Crippen LogP contribution in [0.1, 0.15) is 25.0 Å². The third kappa shape index (κ3) is 5.00. The zero-order valence-corrected chi connectivity index (χ0v) is 32.9. The number of aromatic nitrogens is 2. The van der Waals surface area contributed by atoms with Gasteiger partial charge in [-0.2, -0.15) is 0 Å². The molecule has 0 bridgehead atoms. The number of rotatable bonds is 5. The predicted octanol–water partition coefficient (Wildman–Crippen LogP) is 15.1. The second-order valence-electron chi connectivity index (χ2n) is 16.5. The quantitative estimate of drug-likeness (QED) is 0.175. The van der Waals surface area contributed by atoms with Crippen molar-refractivity contribution in [2.24, 2.45) is 0 Å². The van der Waals surface area contributed by atoms with Crippen molar-refractivity contribution in [2.75, 3.05) is 0 Å². The largest absolute Gasteiger partial charge is 0.255 e. The summed E-state index contributed by atoms with van der Waals surface area (Å²) in [6, 6.07) is 66.9. The third-order valence-electron chi connectivity index (χ3n) is 12.9. The fourth-order valence-electron chi connectivity index (χ4n) is 10.2. The van der Waals surface area contributed by atoms with Crippen molar-refractivity contribution in [1.29, 1.82) is 0 Å². The molecule has 2 aromatic heterocycles. The summed E-state index contributed by atoms with van der Waals surface area (Å²) >= 11 is 0. The Labute approximate surface area is 344 Å². The molecule has 2 aliphatic carbocycles. The number of fused-ring (bicyclic) bond motifs is 7. The van der Waals surface area contributed by atoms with Crippen molar-refractivity contribution in [3.63, 3.8) is 0 Å². The minimum Gasteiger partial charge on any atom is -0.255 e. The number of pyridine rings is 2. The maximum absolute atomic E-state index is 4.79. The highest BCUT2D eigenvalue weighted by molar-refractivity contribution is 6.28. The lowest BCUT2D eigenvalue weighted by molar-refractivity contribution is 0.661. The smallest absolute Gasteiger partial charge is 0.0886 e. The molecule has 0 atom stereocenters. The van der Waals surface area contributed by atoms with Gasteiger partial charge in [0.1, 0.15) is 0 Å². The summed E-state index contributed by atoms with van der Waals surface area (Å²) in [5.41, 5.74) is 22.1.